The zero-order valence-electron chi connectivity index (χ0n) is 11.3. The fourth-order valence-corrected chi connectivity index (χ4v) is 1.97. The summed E-state index contributed by atoms with van der Waals surface area (Å²) < 4.78 is 5.27. The lowest BCUT2D eigenvalue weighted by atomic mass is 9.95. The third-order valence-corrected chi connectivity index (χ3v) is 3.19. The van der Waals surface area contributed by atoms with Crippen molar-refractivity contribution in [1.82, 2.24) is 5.32 Å². The molecule has 104 valence electrons. The minimum Gasteiger partial charge on any atom is -0.458 e. The molecule has 1 fully saturated rings. The molecule has 0 bridgehead atoms. The number of esters is 1. The lowest BCUT2D eigenvalue weighted by Gasteiger charge is -2.25. The van der Waals surface area contributed by atoms with Gasteiger partial charge in [0.05, 0.1) is 6.42 Å². The fraction of sp³-hybridized carbons (Fsp3) is 0.846. The second kappa shape index (κ2) is 6.73. The minimum absolute atomic E-state index is 0.0304. The molecule has 5 heteroatoms. The van der Waals surface area contributed by atoms with E-state index < -0.39 is 5.60 Å². The molecule has 1 rings (SSSR count). The van der Waals surface area contributed by atoms with Crippen LogP contribution in [0.15, 0.2) is 0 Å². The maximum absolute atomic E-state index is 11.8. The lowest BCUT2D eigenvalue weighted by molar-refractivity contribution is -0.158. The summed E-state index contributed by atoms with van der Waals surface area (Å²) in [6.45, 7) is 4.51. The van der Waals surface area contributed by atoms with Gasteiger partial charge in [-0.15, -0.1) is 0 Å². The summed E-state index contributed by atoms with van der Waals surface area (Å²) in [6.07, 6.45) is 4.01. The number of hydrogen-bond acceptors (Lipinski definition) is 4. The Morgan fingerprint density at radius 1 is 1.44 bits per heavy atom. The Labute approximate surface area is 108 Å². The standard InChI is InChI=1S/C13H24N2O3/c1-13(2,9-14)18-11(16)8-10-6-4-3-5-7-15-12(10)17/h10H,3-9,14H2,1-2H3,(H,15,17). The van der Waals surface area contributed by atoms with Gasteiger partial charge in [0.15, 0.2) is 0 Å². The zero-order valence-corrected chi connectivity index (χ0v) is 11.3. The predicted octanol–water partition coefficient (Wildman–Crippen LogP) is 0.963. The Morgan fingerprint density at radius 2 is 2.17 bits per heavy atom. The number of nitrogens with two attached hydrogens (primary N) is 1. The van der Waals surface area contributed by atoms with E-state index in [9.17, 15) is 9.59 Å². The molecule has 1 aliphatic heterocycles. The van der Waals surface area contributed by atoms with Crippen molar-refractivity contribution in [3.63, 3.8) is 0 Å². The van der Waals surface area contributed by atoms with Gasteiger partial charge in [0, 0.05) is 19.0 Å². The van der Waals surface area contributed by atoms with E-state index >= 15 is 0 Å². The molecule has 18 heavy (non-hydrogen) atoms. The number of hydrogen-bond donors (Lipinski definition) is 2. The van der Waals surface area contributed by atoms with E-state index in [0.717, 1.165) is 25.7 Å². The van der Waals surface area contributed by atoms with Crippen LogP contribution in [0, 0.1) is 5.92 Å². The van der Waals surface area contributed by atoms with Gasteiger partial charge in [0.25, 0.3) is 0 Å². The molecule has 5 nitrogen and oxygen atoms in total. The van der Waals surface area contributed by atoms with Gasteiger partial charge in [-0.2, -0.15) is 0 Å². The molecule has 0 saturated carbocycles. The van der Waals surface area contributed by atoms with Crippen LogP contribution in [0.2, 0.25) is 0 Å². The van der Waals surface area contributed by atoms with Gasteiger partial charge in [-0.1, -0.05) is 12.8 Å². The van der Waals surface area contributed by atoms with Gasteiger partial charge in [-0.3, -0.25) is 9.59 Å². The molecule has 0 aromatic carbocycles. The summed E-state index contributed by atoms with van der Waals surface area (Å²) in [6, 6.07) is 0. The van der Waals surface area contributed by atoms with Crippen molar-refractivity contribution >= 4 is 11.9 Å². The van der Waals surface area contributed by atoms with E-state index in [1.165, 1.54) is 0 Å². The Bertz CT molecular complexity index is 303. The van der Waals surface area contributed by atoms with Gasteiger partial charge in [0.1, 0.15) is 5.60 Å². The molecule has 0 spiro atoms. The highest BCUT2D eigenvalue weighted by molar-refractivity contribution is 5.83. The number of ether oxygens (including phenoxy) is 1. The lowest BCUT2D eigenvalue weighted by Crippen LogP contribution is -2.39. The SMILES string of the molecule is CC(C)(CN)OC(=O)CC1CCCCCNC1=O. The van der Waals surface area contributed by atoms with Crippen molar-refractivity contribution < 1.29 is 14.3 Å². The van der Waals surface area contributed by atoms with Crippen LogP contribution < -0.4 is 11.1 Å². The molecule has 1 amide bonds. The van der Waals surface area contributed by atoms with E-state index in [-0.39, 0.29) is 30.8 Å². The molecular weight excluding hydrogens is 232 g/mol. The first-order chi connectivity index (χ1) is 8.44. The van der Waals surface area contributed by atoms with Crippen LogP contribution in [0.3, 0.4) is 0 Å². The Morgan fingerprint density at radius 3 is 2.83 bits per heavy atom. The first-order valence-corrected chi connectivity index (χ1v) is 6.64. The van der Waals surface area contributed by atoms with Crippen molar-refractivity contribution in [2.24, 2.45) is 11.7 Å². The number of carbonyl (C=O) groups is 2. The topological polar surface area (TPSA) is 81.4 Å². The second-order valence-electron chi connectivity index (χ2n) is 5.48. The van der Waals surface area contributed by atoms with Crippen LogP contribution in [-0.2, 0) is 14.3 Å². The number of rotatable bonds is 4. The van der Waals surface area contributed by atoms with Crippen LogP contribution in [0.4, 0.5) is 0 Å². The first kappa shape index (κ1) is 15.0. The smallest absolute Gasteiger partial charge is 0.307 e. The Kier molecular flexibility index (Phi) is 5.59. The molecule has 0 radical (unpaired) electrons. The average molecular weight is 256 g/mol. The van der Waals surface area contributed by atoms with Gasteiger partial charge < -0.3 is 15.8 Å². The molecule has 0 aromatic rings. The summed E-state index contributed by atoms with van der Waals surface area (Å²) in [5, 5.41) is 2.85. The Hall–Kier alpha value is -1.10. The van der Waals surface area contributed by atoms with Gasteiger partial charge in [-0.05, 0) is 26.7 Å². The van der Waals surface area contributed by atoms with E-state index in [1.54, 1.807) is 13.8 Å². The van der Waals surface area contributed by atoms with Crippen LogP contribution in [0.1, 0.15) is 46.0 Å². The number of amides is 1. The third-order valence-electron chi connectivity index (χ3n) is 3.19. The molecule has 1 heterocycles. The summed E-state index contributed by atoms with van der Waals surface area (Å²) in [5.74, 6) is -0.630. The first-order valence-electron chi connectivity index (χ1n) is 6.64. The van der Waals surface area contributed by atoms with Crippen LogP contribution in [0.25, 0.3) is 0 Å². The van der Waals surface area contributed by atoms with E-state index in [4.69, 9.17) is 10.5 Å². The van der Waals surface area contributed by atoms with E-state index in [2.05, 4.69) is 5.32 Å². The van der Waals surface area contributed by atoms with E-state index in [1.807, 2.05) is 0 Å². The number of carbonyl (C=O) groups excluding carboxylic acids is 2. The molecule has 1 atom stereocenters. The maximum Gasteiger partial charge on any atom is 0.307 e. The highest BCUT2D eigenvalue weighted by Crippen LogP contribution is 2.19. The zero-order chi connectivity index (χ0) is 13.6. The van der Waals surface area contributed by atoms with Gasteiger partial charge >= 0.3 is 5.97 Å². The normalized spacial score (nSPS) is 21.7. The molecule has 1 saturated heterocycles. The van der Waals surface area contributed by atoms with Crippen LogP contribution in [-0.4, -0.2) is 30.6 Å². The van der Waals surface area contributed by atoms with Gasteiger partial charge in [0.2, 0.25) is 5.91 Å². The third kappa shape index (κ3) is 5.04. The Balaban J connectivity index is 2.48. The molecule has 1 aliphatic rings. The molecule has 3 N–H and O–H groups in total. The van der Waals surface area contributed by atoms with Crippen molar-refractivity contribution in [2.75, 3.05) is 13.1 Å². The molecule has 0 aliphatic carbocycles. The minimum atomic E-state index is -0.658. The largest absolute Gasteiger partial charge is 0.458 e. The summed E-state index contributed by atoms with van der Waals surface area (Å²) in [4.78, 5) is 23.6. The van der Waals surface area contributed by atoms with Crippen LogP contribution >= 0.6 is 0 Å². The second-order valence-corrected chi connectivity index (χ2v) is 5.48. The summed E-state index contributed by atoms with van der Waals surface area (Å²) in [7, 11) is 0. The molecule has 0 aromatic heterocycles. The van der Waals surface area contributed by atoms with E-state index in [0.29, 0.717) is 6.54 Å². The highest BCUT2D eigenvalue weighted by Gasteiger charge is 2.27. The van der Waals surface area contributed by atoms with Crippen molar-refractivity contribution in [3.05, 3.63) is 0 Å². The molecule has 1 unspecified atom stereocenters. The predicted molar refractivity (Wildman–Crippen MR) is 68.8 cm³/mol. The molecular formula is C13H24N2O3. The summed E-state index contributed by atoms with van der Waals surface area (Å²) in [5.41, 5.74) is 4.85. The van der Waals surface area contributed by atoms with Crippen molar-refractivity contribution in [2.45, 2.75) is 51.6 Å². The van der Waals surface area contributed by atoms with Crippen molar-refractivity contribution in [1.29, 1.82) is 0 Å². The summed E-state index contributed by atoms with van der Waals surface area (Å²) >= 11 is 0. The monoisotopic (exact) mass is 256 g/mol. The highest BCUT2D eigenvalue weighted by atomic mass is 16.6. The fourth-order valence-electron chi connectivity index (χ4n) is 1.97. The average Bonchev–Trinajstić information content (AvgIpc) is 2.28. The van der Waals surface area contributed by atoms with Crippen molar-refractivity contribution in [3.8, 4) is 0 Å². The maximum atomic E-state index is 11.8. The number of nitrogens with one attached hydrogen (secondary N) is 1. The van der Waals surface area contributed by atoms with Gasteiger partial charge in [-0.25, -0.2) is 0 Å². The van der Waals surface area contributed by atoms with Crippen LogP contribution in [0.5, 0.6) is 0 Å². The quantitative estimate of drug-likeness (QED) is 0.734.